The highest BCUT2D eigenvalue weighted by molar-refractivity contribution is 5.40. The van der Waals surface area contributed by atoms with E-state index in [-0.39, 0.29) is 6.04 Å². The summed E-state index contributed by atoms with van der Waals surface area (Å²) in [4.78, 5) is 0. The molecular formula is C10H11N. The zero-order chi connectivity index (χ0) is 7.68. The third-order valence-electron chi connectivity index (χ3n) is 2.14. The maximum absolute atomic E-state index is 5.88. The molecule has 0 aromatic rings. The van der Waals surface area contributed by atoms with Crippen LogP contribution < -0.4 is 5.73 Å². The molecule has 2 unspecified atom stereocenters. The fourth-order valence-electron chi connectivity index (χ4n) is 1.50. The third-order valence-corrected chi connectivity index (χ3v) is 2.14. The first kappa shape index (κ1) is 6.62. The molecule has 0 saturated heterocycles. The summed E-state index contributed by atoms with van der Waals surface area (Å²) in [5.41, 5.74) is 7.20. The highest BCUT2D eigenvalue weighted by Gasteiger charge is 2.18. The van der Waals surface area contributed by atoms with E-state index in [1.807, 2.05) is 18.2 Å². The van der Waals surface area contributed by atoms with Gasteiger partial charge in [0.15, 0.2) is 0 Å². The van der Waals surface area contributed by atoms with E-state index in [9.17, 15) is 0 Å². The summed E-state index contributed by atoms with van der Waals surface area (Å²) in [7, 11) is 0. The molecule has 0 saturated carbocycles. The van der Waals surface area contributed by atoms with Gasteiger partial charge in [-0.15, -0.1) is 0 Å². The Bertz CT molecular complexity index is 269. The summed E-state index contributed by atoms with van der Waals surface area (Å²) < 4.78 is 0. The van der Waals surface area contributed by atoms with Crippen molar-refractivity contribution in [3.63, 3.8) is 0 Å². The van der Waals surface area contributed by atoms with Gasteiger partial charge in [0, 0.05) is 12.0 Å². The number of rotatable bonds is 0. The van der Waals surface area contributed by atoms with Gasteiger partial charge in [0.25, 0.3) is 0 Å². The Hall–Kier alpha value is -1.08. The van der Waals surface area contributed by atoms with Gasteiger partial charge < -0.3 is 5.73 Å². The molecule has 0 aliphatic heterocycles. The standard InChI is InChI=1S/C10H11N/c11-10-7-3-5-8-4-1-2-6-9(8)10/h1-7,9-10H,11H2. The first-order valence-electron chi connectivity index (χ1n) is 3.87. The molecule has 0 heterocycles. The molecule has 0 aromatic carbocycles. The van der Waals surface area contributed by atoms with E-state index in [4.69, 9.17) is 5.73 Å². The average molecular weight is 145 g/mol. The fourth-order valence-corrected chi connectivity index (χ4v) is 1.50. The maximum atomic E-state index is 5.88. The minimum absolute atomic E-state index is 0.163. The SMILES string of the molecule is NC1C=CC=C2C=CC=CC21. The van der Waals surface area contributed by atoms with Gasteiger partial charge in [0.2, 0.25) is 0 Å². The Morgan fingerprint density at radius 1 is 1.09 bits per heavy atom. The van der Waals surface area contributed by atoms with E-state index >= 15 is 0 Å². The third kappa shape index (κ3) is 1.08. The van der Waals surface area contributed by atoms with Crippen LogP contribution in [0.25, 0.3) is 0 Å². The molecule has 0 amide bonds. The molecule has 0 aromatic heterocycles. The van der Waals surface area contributed by atoms with Crippen molar-refractivity contribution in [3.8, 4) is 0 Å². The summed E-state index contributed by atoms with van der Waals surface area (Å²) in [5, 5.41) is 0. The molecule has 1 nitrogen and oxygen atoms in total. The maximum Gasteiger partial charge on any atom is 0.0332 e. The zero-order valence-electron chi connectivity index (χ0n) is 6.27. The van der Waals surface area contributed by atoms with Crippen LogP contribution in [0, 0.1) is 5.92 Å². The highest BCUT2D eigenvalue weighted by atomic mass is 14.6. The van der Waals surface area contributed by atoms with Crippen molar-refractivity contribution in [3.05, 3.63) is 48.1 Å². The second-order valence-electron chi connectivity index (χ2n) is 2.90. The molecule has 1 heteroatoms. The summed E-state index contributed by atoms with van der Waals surface area (Å²) in [6.07, 6.45) is 14.6. The number of nitrogens with two attached hydrogens (primary N) is 1. The van der Waals surface area contributed by atoms with Gasteiger partial charge in [-0.25, -0.2) is 0 Å². The number of hydrogen-bond donors (Lipinski definition) is 1. The minimum atomic E-state index is 0.163. The molecule has 2 N–H and O–H groups in total. The van der Waals surface area contributed by atoms with Crippen LogP contribution in [0.15, 0.2) is 48.1 Å². The molecule has 11 heavy (non-hydrogen) atoms. The Balaban J connectivity index is 2.35. The average Bonchev–Trinajstić information content (AvgIpc) is 2.06. The minimum Gasteiger partial charge on any atom is -0.324 e. The second kappa shape index (κ2) is 2.51. The molecule has 0 fully saturated rings. The molecule has 0 bridgehead atoms. The van der Waals surface area contributed by atoms with Crippen molar-refractivity contribution in [2.75, 3.05) is 0 Å². The number of allylic oxidation sites excluding steroid dienone is 5. The van der Waals surface area contributed by atoms with Gasteiger partial charge in [-0.05, 0) is 5.57 Å². The lowest BCUT2D eigenvalue weighted by atomic mass is 9.85. The second-order valence-corrected chi connectivity index (χ2v) is 2.90. The van der Waals surface area contributed by atoms with E-state index in [2.05, 4.69) is 24.3 Å². The summed E-state index contributed by atoms with van der Waals surface area (Å²) in [6, 6.07) is 0.163. The van der Waals surface area contributed by atoms with Crippen molar-refractivity contribution >= 4 is 0 Å². The Kier molecular flexibility index (Phi) is 1.51. The van der Waals surface area contributed by atoms with E-state index in [0.29, 0.717) is 5.92 Å². The monoisotopic (exact) mass is 145 g/mol. The first-order chi connectivity index (χ1) is 5.38. The van der Waals surface area contributed by atoms with Gasteiger partial charge in [-0.2, -0.15) is 0 Å². The van der Waals surface area contributed by atoms with Gasteiger partial charge in [0.05, 0.1) is 0 Å². The normalized spacial score (nSPS) is 33.4. The predicted octanol–water partition coefficient (Wildman–Crippen LogP) is 1.55. The predicted molar refractivity (Wildman–Crippen MR) is 47.0 cm³/mol. The van der Waals surface area contributed by atoms with Crippen LogP contribution in [0.3, 0.4) is 0 Å². The summed E-state index contributed by atoms with van der Waals surface area (Å²) >= 11 is 0. The lowest BCUT2D eigenvalue weighted by Crippen LogP contribution is -2.29. The fraction of sp³-hybridized carbons (Fsp3) is 0.200. The smallest absolute Gasteiger partial charge is 0.0332 e. The molecule has 56 valence electrons. The van der Waals surface area contributed by atoms with Crippen LogP contribution in [0.2, 0.25) is 0 Å². The Morgan fingerprint density at radius 3 is 2.82 bits per heavy atom. The van der Waals surface area contributed by atoms with E-state index in [0.717, 1.165) is 0 Å². The van der Waals surface area contributed by atoms with Crippen molar-refractivity contribution < 1.29 is 0 Å². The van der Waals surface area contributed by atoms with Crippen LogP contribution in [-0.4, -0.2) is 6.04 Å². The molecule has 2 atom stereocenters. The van der Waals surface area contributed by atoms with Crippen molar-refractivity contribution in [1.29, 1.82) is 0 Å². The lowest BCUT2D eigenvalue weighted by Gasteiger charge is -2.23. The lowest BCUT2D eigenvalue weighted by molar-refractivity contribution is 0.658. The van der Waals surface area contributed by atoms with Crippen molar-refractivity contribution in [1.82, 2.24) is 0 Å². The van der Waals surface area contributed by atoms with Gasteiger partial charge in [-0.3, -0.25) is 0 Å². The van der Waals surface area contributed by atoms with E-state index < -0.39 is 0 Å². The summed E-state index contributed by atoms with van der Waals surface area (Å²) in [5.74, 6) is 0.407. The van der Waals surface area contributed by atoms with Crippen molar-refractivity contribution in [2.45, 2.75) is 6.04 Å². The summed E-state index contributed by atoms with van der Waals surface area (Å²) in [6.45, 7) is 0. The van der Waals surface area contributed by atoms with Crippen LogP contribution in [0.1, 0.15) is 0 Å². The molecule has 2 aliphatic rings. The Labute approximate surface area is 66.6 Å². The molecule has 2 rings (SSSR count). The van der Waals surface area contributed by atoms with Crippen LogP contribution in [0.5, 0.6) is 0 Å². The topological polar surface area (TPSA) is 26.0 Å². The van der Waals surface area contributed by atoms with Crippen molar-refractivity contribution in [2.24, 2.45) is 11.7 Å². The van der Waals surface area contributed by atoms with Crippen LogP contribution in [-0.2, 0) is 0 Å². The van der Waals surface area contributed by atoms with Gasteiger partial charge in [-0.1, -0.05) is 42.5 Å². The quantitative estimate of drug-likeness (QED) is 0.550. The molecule has 0 radical (unpaired) electrons. The number of hydrogen-bond acceptors (Lipinski definition) is 1. The van der Waals surface area contributed by atoms with Crippen LogP contribution in [0.4, 0.5) is 0 Å². The van der Waals surface area contributed by atoms with Crippen LogP contribution >= 0.6 is 0 Å². The van der Waals surface area contributed by atoms with Gasteiger partial charge >= 0.3 is 0 Å². The highest BCUT2D eigenvalue weighted by Crippen LogP contribution is 2.24. The largest absolute Gasteiger partial charge is 0.324 e. The molecule has 0 spiro atoms. The van der Waals surface area contributed by atoms with E-state index in [1.165, 1.54) is 5.57 Å². The zero-order valence-corrected chi connectivity index (χ0v) is 6.27. The molecule has 2 aliphatic carbocycles. The Morgan fingerprint density at radius 2 is 2.00 bits per heavy atom. The molecular weight excluding hydrogens is 134 g/mol. The van der Waals surface area contributed by atoms with E-state index in [1.54, 1.807) is 0 Å². The first-order valence-corrected chi connectivity index (χ1v) is 3.87. The van der Waals surface area contributed by atoms with Gasteiger partial charge in [0.1, 0.15) is 0 Å². The number of fused-ring (bicyclic) bond motifs is 1.